The van der Waals surface area contributed by atoms with Crippen LogP contribution in [0.25, 0.3) is 0 Å². The van der Waals surface area contributed by atoms with Crippen molar-refractivity contribution in [2.75, 3.05) is 14.2 Å². The van der Waals surface area contributed by atoms with Crippen LogP contribution >= 0.6 is 0 Å². The van der Waals surface area contributed by atoms with Gasteiger partial charge in [0.2, 0.25) is 0 Å². The van der Waals surface area contributed by atoms with E-state index >= 15 is 0 Å². The molecule has 0 aromatic carbocycles. The van der Waals surface area contributed by atoms with Crippen LogP contribution < -0.4 is 0 Å². The number of hydrogen-bond donors (Lipinski definition) is 2. The topological polar surface area (TPSA) is 58.9 Å². The summed E-state index contributed by atoms with van der Waals surface area (Å²) in [5.41, 5.74) is 1.06. The van der Waals surface area contributed by atoms with E-state index in [9.17, 15) is 10.0 Å². The smallest absolute Gasteiger partial charge is 0.467 e. The highest BCUT2D eigenvalue weighted by molar-refractivity contribution is 6.48. The molecule has 0 bridgehead atoms. The van der Waals surface area contributed by atoms with Crippen molar-refractivity contribution in [3.63, 3.8) is 0 Å². The van der Waals surface area contributed by atoms with Crippen LogP contribution in [0.15, 0.2) is 35.3 Å². The van der Waals surface area contributed by atoms with E-state index in [2.05, 4.69) is 6.08 Å². The van der Waals surface area contributed by atoms with Crippen molar-refractivity contribution in [1.29, 1.82) is 0 Å². The third-order valence-electron chi connectivity index (χ3n) is 3.77. The van der Waals surface area contributed by atoms with Gasteiger partial charge in [-0.05, 0) is 25.3 Å². The Hall–Kier alpha value is -1.20. The summed E-state index contributed by atoms with van der Waals surface area (Å²) >= 11 is 0. The van der Waals surface area contributed by atoms with Gasteiger partial charge in [0.15, 0.2) is 0 Å². The van der Waals surface area contributed by atoms with Gasteiger partial charge in [-0.25, -0.2) is 0 Å². The summed E-state index contributed by atoms with van der Waals surface area (Å²) in [6.45, 7) is 0. The van der Waals surface area contributed by atoms with Crippen LogP contribution in [-0.4, -0.2) is 31.4 Å². The zero-order valence-electron chi connectivity index (χ0n) is 10.8. The lowest BCUT2D eigenvalue weighted by Gasteiger charge is -2.35. The third-order valence-corrected chi connectivity index (χ3v) is 3.77. The van der Waals surface area contributed by atoms with Crippen molar-refractivity contribution < 1.29 is 19.5 Å². The van der Waals surface area contributed by atoms with Gasteiger partial charge in [0, 0.05) is 12.5 Å². The summed E-state index contributed by atoms with van der Waals surface area (Å²) in [5, 5.41) is 18.9. The van der Waals surface area contributed by atoms with E-state index in [0.29, 0.717) is 17.9 Å². The Labute approximate surface area is 108 Å². The molecule has 0 fully saturated rings. The molecule has 0 saturated heterocycles. The lowest BCUT2D eigenvalue weighted by Crippen LogP contribution is -2.35. The first-order chi connectivity index (χ1) is 8.62. The average molecular weight is 250 g/mol. The quantitative estimate of drug-likeness (QED) is 0.589. The van der Waals surface area contributed by atoms with E-state index in [1.54, 1.807) is 26.4 Å². The van der Waals surface area contributed by atoms with E-state index in [1.165, 1.54) is 0 Å². The van der Waals surface area contributed by atoms with E-state index in [-0.39, 0.29) is 0 Å². The van der Waals surface area contributed by atoms with Crippen LogP contribution in [0.2, 0.25) is 5.31 Å². The highest BCUT2D eigenvalue weighted by atomic mass is 16.5. The molecule has 1 atom stereocenters. The number of allylic oxidation sites excluding steroid dienone is 5. The van der Waals surface area contributed by atoms with Crippen LogP contribution in [0.1, 0.15) is 25.7 Å². The Balaban J connectivity index is 2.42. The standard InChI is InChI=1S/C13H19BO4/c1-17-11-7-12(18-2)9-13(8-11,14(15)16)10-5-3-4-6-10/h5,7-8,15-16H,3-4,6,9H2,1-2H3. The second-order valence-electron chi connectivity index (χ2n) is 4.78. The van der Waals surface area contributed by atoms with Crippen molar-refractivity contribution in [2.45, 2.75) is 31.0 Å². The molecule has 0 radical (unpaired) electrons. The van der Waals surface area contributed by atoms with Gasteiger partial charge in [0.25, 0.3) is 0 Å². The molecule has 0 aromatic rings. The molecule has 0 amide bonds. The maximum atomic E-state index is 9.85. The molecule has 4 nitrogen and oxygen atoms in total. The second-order valence-corrected chi connectivity index (χ2v) is 4.78. The van der Waals surface area contributed by atoms with Crippen molar-refractivity contribution in [1.82, 2.24) is 0 Å². The van der Waals surface area contributed by atoms with Crippen molar-refractivity contribution in [3.8, 4) is 0 Å². The number of ether oxygens (including phenoxy) is 2. The number of hydrogen-bond acceptors (Lipinski definition) is 4. The zero-order valence-corrected chi connectivity index (χ0v) is 10.8. The van der Waals surface area contributed by atoms with Gasteiger partial charge >= 0.3 is 7.12 Å². The summed E-state index contributed by atoms with van der Waals surface area (Å²) in [4.78, 5) is 0. The van der Waals surface area contributed by atoms with Gasteiger partial charge < -0.3 is 19.5 Å². The first kappa shape index (κ1) is 13.2. The maximum absolute atomic E-state index is 9.85. The normalized spacial score (nSPS) is 27.2. The predicted molar refractivity (Wildman–Crippen MR) is 69.6 cm³/mol. The molecule has 18 heavy (non-hydrogen) atoms. The van der Waals surface area contributed by atoms with Crippen LogP contribution in [-0.2, 0) is 9.47 Å². The van der Waals surface area contributed by atoms with E-state index < -0.39 is 12.4 Å². The Kier molecular flexibility index (Phi) is 3.83. The summed E-state index contributed by atoms with van der Waals surface area (Å²) in [6, 6.07) is 0. The van der Waals surface area contributed by atoms with Crippen LogP contribution in [0.3, 0.4) is 0 Å². The molecule has 0 heterocycles. The first-order valence-electron chi connectivity index (χ1n) is 6.19. The largest absolute Gasteiger partial charge is 0.501 e. The summed E-state index contributed by atoms with van der Waals surface area (Å²) in [6.07, 6.45) is 9.09. The molecular weight excluding hydrogens is 231 g/mol. The van der Waals surface area contributed by atoms with Crippen LogP contribution in [0, 0.1) is 0 Å². The highest BCUT2D eigenvalue weighted by Gasteiger charge is 2.46. The maximum Gasteiger partial charge on any atom is 0.467 e. The van der Waals surface area contributed by atoms with Gasteiger partial charge in [-0.3, -0.25) is 0 Å². The minimum absolute atomic E-state index is 0.458. The minimum Gasteiger partial charge on any atom is -0.501 e. The fourth-order valence-corrected chi connectivity index (χ4v) is 2.72. The highest BCUT2D eigenvalue weighted by Crippen LogP contribution is 2.51. The third kappa shape index (κ3) is 2.20. The molecule has 2 rings (SSSR count). The fourth-order valence-electron chi connectivity index (χ4n) is 2.72. The van der Waals surface area contributed by atoms with Gasteiger partial charge in [-0.2, -0.15) is 0 Å². The molecule has 1 unspecified atom stereocenters. The zero-order chi connectivity index (χ0) is 13.2. The fraction of sp³-hybridized carbons (Fsp3) is 0.538. The SMILES string of the molecule is COC1=CC(B(O)O)(C2=CCCC2)CC(OC)=C1. The van der Waals surface area contributed by atoms with E-state index in [0.717, 1.165) is 24.8 Å². The molecule has 0 aliphatic heterocycles. The molecule has 5 heteroatoms. The Morgan fingerprint density at radius 1 is 1.28 bits per heavy atom. The van der Waals surface area contributed by atoms with Crippen LogP contribution in [0.4, 0.5) is 0 Å². The molecule has 2 aliphatic carbocycles. The van der Waals surface area contributed by atoms with E-state index in [1.807, 2.05) is 0 Å². The van der Waals surface area contributed by atoms with Crippen molar-refractivity contribution in [2.24, 2.45) is 0 Å². The van der Waals surface area contributed by atoms with Crippen LogP contribution in [0.5, 0.6) is 0 Å². The summed E-state index contributed by atoms with van der Waals surface area (Å²) in [7, 11) is 1.70. The molecular formula is C13H19BO4. The Morgan fingerprint density at radius 2 is 2.06 bits per heavy atom. The van der Waals surface area contributed by atoms with Gasteiger partial charge in [0.1, 0.15) is 5.76 Å². The summed E-state index contributed by atoms with van der Waals surface area (Å²) < 4.78 is 10.5. The predicted octanol–water partition coefficient (Wildman–Crippen LogP) is 1.77. The molecule has 2 N–H and O–H groups in total. The van der Waals surface area contributed by atoms with Gasteiger partial charge in [0.05, 0.1) is 25.3 Å². The Morgan fingerprint density at radius 3 is 2.56 bits per heavy atom. The second kappa shape index (κ2) is 5.20. The van der Waals surface area contributed by atoms with E-state index in [4.69, 9.17) is 9.47 Å². The minimum atomic E-state index is -1.45. The van der Waals surface area contributed by atoms with Crippen molar-refractivity contribution >= 4 is 7.12 Å². The lowest BCUT2D eigenvalue weighted by molar-refractivity contribution is 0.241. The lowest BCUT2D eigenvalue weighted by atomic mass is 9.51. The molecule has 98 valence electrons. The number of methoxy groups -OCH3 is 2. The van der Waals surface area contributed by atoms with Gasteiger partial charge in [-0.15, -0.1) is 0 Å². The Bertz CT molecular complexity index is 411. The monoisotopic (exact) mass is 250 g/mol. The van der Waals surface area contributed by atoms with Crippen molar-refractivity contribution in [3.05, 3.63) is 35.3 Å². The first-order valence-corrected chi connectivity index (χ1v) is 6.19. The molecule has 0 aromatic heterocycles. The number of rotatable bonds is 4. The molecule has 2 aliphatic rings. The average Bonchev–Trinajstić information content (AvgIpc) is 2.92. The molecule has 0 spiro atoms. The van der Waals surface area contributed by atoms with Gasteiger partial charge in [-0.1, -0.05) is 11.6 Å². The molecule has 0 saturated carbocycles. The summed E-state index contributed by atoms with van der Waals surface area (Å²) in [5.74, 6) is 1.31.